The number of hydrogen-bond acceptors (Lipinski definition) is 3. The maximum Gasteiger partial charge on any atom is 0.224 e. The topological polar surface area (TPSA) is 55.4 Å². The Balaban J connectivity index is 1.55. The summed E-state index contributed by atoms with van der Waals surface area (Å²) in [6.07, 6.45) is 2.40. The Morgan fingerprint density at radius 1 is 1.08 bits per heavy atom. The van der Waals surface area contributed by atoms with Crippen LogP contribution in [0.5, 0.6) is 5.75 Å². The molecule has 4 heteroatoms. The van der Waals surface area contributed by atoms with Crippen LogP contribution in [-0.4, -0.2) is 18.8 Å². The fourth-order valence-corrected chi connectivity index (χ4v) is 2.84. The van der Waals surface area contributed by atoms with Crippen LogP contribution in [0, 0.1) is 5.92 Å². The van der Waals surface area contributed by atoms with Crippen LogP contribution in [0.4, 0.5) is 5.69 Å². The van der Waals surface area contributed by atoms with Gasteiger partial charge in [0.15, 0.2) is 5.78 Å². The van der Waals surface area contributed by atoms with Crippen molar-refractivity contribution in [2.45, 2.75) is 32.1 Å². The van der Waals surface area contributed by atoms with Crippen molar-refractivity contribution in [1.29, 1.82) is 0 Å². The SMILES string of the molecule is COc1ccc(C(C)CC(=O)Nc2ccc(C(=O)C3CC3)cc2)cc1. The van der Waals surface area contributed by atoms with Gasteiger partial charge in [-0.2, -0.15) is 0 Å². The molecule has 0 spiro atoms. The molecule has 25 heavy (non-hydrogen) atoms. The minimum atomic E-state index is -0.0374. The highest BCUT2D eigenvalue weighted by Gasteiger charge is 2.30. The lowest BCUT2D eigenvalue weighted by Crippen LogP contribution is -2.14. The zero-order valence-electron chi connectivity index (χ0n) is 14.6. The van der Waals surface area contributed by atoms with E-state index >= 15 is 0 Å². The Bertz CT molecular complexity index is 746. The first kappa shape index (κ1) is 17.2. The summed E-state index contributed by atoms with van der Waals surface area (Å²) in [5.74, 6) is 1.31. The fourth-order valence-electron chi connectivity index (χ4n) is 2.84. The van der Waals surface area contributed by atoms with Gasteiger partial charge in [0.1, 0.15) is 5.75 Å². The normalized spacial score (nSPS) is 14.6. The predicted octanol–water partition coefficient (Wildman–Crippen LogP) is 4.42. The summed E-state index contributed by atoms with van der Waals surface area (Å²) < 4.78 is 5.15. The third-order valence-corrected chi connectivity index (χ3v) is 4.58. The molecule has 0 aliphatic heterocycles. The molecule has 1 aliphatic carbocycles. The molecule has 0 bridgehead atoms. The summed E-state index contributed by atoms with van der Waals surface area (Å²) >= 11 is 0. The Kier molecular flexibility index (Phi) is 5.17. The lowest BCUT2D eigenvalue weighted by atomic mass is 9.97. The van der Waals surface area contributed by atoms with Crippen LogP contribution >= 0.6 is 0 Å². The summed E-state index contributed by atoms with van der Waals surface area (Å²) in [4.78, 5) is 24.2. The van der Waals surface area contributed by atoms with Gasteiger partial charge < -0.3 is 10.1 Å². The Labute approximate surface area is 148 Å². The van der Waals surface area contributed by atoms with E-state index in [1.807, 2.05) is 31.2 Å². The van der Waals surface area contributed by atoms with E-state index in [0.29, 0.717) is 6.42 Å². The number of ketones is 1. The van der Waals surface area contributed by atoms with Crippen molar-refractivity contribution in [1.82, 2.24) is 0 Å². The van der Waals surface area contributed by atoms with E-state index in [4.69, 9.17) is 4.74 Å². The van der Waals surface area contributed by atoms with Gasteiger partial charge in [-0.05, 0) is 60.7 Å². The molecule has 1 aliphatic rings. The van der Waals surface area contributed by atoms with Crippen molar-refractivity contribution in [3.05, 3.63) is 59.7 Å². The number of Topliss-reactive ketones (excluding diaryl/α,β-unsaturated/α-hetero) is 1. The third kappa shape index (κ3) is 4.47. The number of amides is 1. The highest BCUT2D eigenvalue weighted by Crippen LogP contribution is 2.32. The highest BCUT2D eigenvalue weighted by molar-refractivity contribution is 6.00. The quantitative estimate of drug-likeness (QED) is 0.761. The van der Waals surface area contributed by atoms with Crippen molar-refractivity contribution in [3.8, 4) is 5.75 Å². The lowest BCUT2D eigenvalue weighted by molar-refractivity contribution is -0.116. The number of hydrogen-bond donors (Lipinski definition) is 1. The molecule has 1 amide bonds. The minimum Gasteiger partial charge on any atom is -0.497 e. The average molecular weight is 337 g/mol. The summed E-state index contributed by atoms with van der Waals surface area (Å²) in [7, 11) is 1.63. The predicted molar refractivity (Wildman–Crippen MR) is 98.2 cm³/mol. The van der Waals surface area contributed by atoms with Gasteiger partial charge in [-0.25, -0.2) is 0 Å². The number of carbonyl (C=O) groups is 2. The lowest BCUT2D eigenvalue weighted by Gasteiger charge is -2.13. The average Bonchev–Trinajstić information content (AvgIpc) is 3.47. The Morgan fingerprint density at radius 2 is 1.72 bits per heavy atom. The maximum absolute atomic E-state index is 12.3. The first-order valence-electron chi connectivity index (χ1n) is 8.65. The van der Waals surface area contributed by atoms with Crippen LogP contribution < -0.4 is 10.1 Å². The van der Waals surface area contributed by atoms with E-state index in [-0.39, 0.29) is 23.5 Å². The van der Waals surface area contributed by atoms with Crippen LogP contribution in [0.25, 0.3) is 0 Å². The van der Waals surface area contributed by atoms with Gasteiger partial charge in [0.25, 0.3) is 0 Å². The number of benzene rings is 2. The second-order valence-corrected chi connectivity index (χ2v) is 6.64. The fraction of sp³-hybridized carbons (Fsp3) is 0.333. The van der Waals surface area contributed by atoms with E-state index in [1.165, 1.54) is 0 Å². The van der Waals surface area contributed by atoms with Crippen LogP contribution in [0.1, 0.15) is 48.0 Å². The molecule has 0 aromatic heterocycles. The van der Waals surface area contributed by atoms with Gasteiger partial charge in [-0.15, -0.1) is 0 Å². The first-order chi connectivity index (χ1) is 12.1. The molecule has 0 heterocycles. The molecule has 0 radical (unpaired) electrons. The molecular weight excluding hydrogens is 314 g/mol. The number of methoxy groups -OCH3 is 1. The zero-order valence-corrected chi connectivity index (χ0v) is 14.6. The second-order valence-electron chi connectivity index (χ2n) is 6.64. The molecule has 2 aromatic rings. The molecular formula is C21H23NO3. The summed E-state index contributed by atoms with van der Waals surface area (Å²) in [5, 5.41) is 2.90. The Hall–Kier alpha value is -2.62. The highest BCUT2D eigenvalue weighted by atomic mass is 16.5. The first-order valence-corrected chi connectivity index (χ1v) is 8.65. The summed E-state index contributed by atoms with van der Waals surface area (Å²) in [6, 6.07) is 15.0. The smallest absolute Gasteiger partial charge is 0.224 e. The molecule has 1 fully saturated rings. The van der Waals surface area contributed by atoms with Crippen molar-refractivity contribution < 1.29 is 14.3 Å². The van der Waals surface area contributed by atoms with Crippen molar-refractivity contribution in [2.24, 2.45) is 5.92 Å². The van der Waals surface area contributed by atoms with Crippen molar-refractivity contribution in [3.63, 3.8) is 0 Å². The summed E-state index contributed by atoms with van der Waals surface area (Å²) in [5.41, 5.74) is 2.55. The van der Waals surface area contributed by atoms with Crippen molar-refractivity contribution in [2.75, 3.05) is 12.4 Å². The van der Waals surface area contributed by atoms with Crippen LogP contribution in [-0.2, 0) is 4.79 Å². The Morgan fingerprint density at radius 3 is 2.28 bits per heavy atom. The maximum atomic E-state index is 12.3. The molecule has 1 saturated carbocycles. The van der Waals surface area contributed by atoms with E-state index in [1.54, 1.807) is 31.4 Å². The number of carbonyl (C=O) groups excluding carboxylic acids is 2. The summed E-state index contributed by atoms with van der Waals surface area (Å²) in [6.45, 7) is 2.03. The van der Waals surface area contributed by atoms with E-state index in [9.17, 15) is 9.59 Å². The van der Waals surface area contributed by atoms with Gasteiger partial charge in [0.2, 0.25) is 5.91 Å². The zero-order chi connectivity index (χ0) is 17.8. The second kappa shape index (κ2) is 7.51. The molecule has 130 valence electrons. The molecule has 1 unspecified atom stereocenters. The van der Waals surface area contributed by atoms with Crippen molar-refractivity contribution >= 4 is 17.4 Å². The molecule has 2 aromatic carbocycles. The molecule has 1 atom stereocenters. The molecule has 4 nitrogen and oxygen atoms in total. The largest absolute Gasteiger partial charge is 0.497 e. The van der Waals surface area contributed by atoms with E-state index < -0.39 is 0 Å². The standard InChI is InChI=1S/C21H23NO3/c1-14(15-7-11-19(25-2)12-8-15)13-20(23)22-18-9-5-17(6-10-18)21(24)16-3-4-16/h5-12,14,16H,3-4,13H2,1-2H3,(H,22,23). The minimum absolute atomic E-state index is 0.0374. The van der Waals surface area contributed by atoms with Crippen LogP contribution in [0.15, 0.2) is 48.5 Å². The van der Waals surface area contributed by atoms with Gasteiger partial charge in [0, 0.05) is 23.6 Å². The number of ether oxygens (including phenoxy) is 1. The van der Waals surface area contributed by atoms with E-state index in [0.717, 1.165) is 35.4 Å². The van der Waals surface area contributed by atoms with Gasteiger partial charge in [-0.1, -0.05) is 19.1 Å². The number of nitrogens with one attached hydrogen (secondary N) is 1. The van der Waals surface area contributed by atoms with Gasteiger partial charge in [0.05, 0.1) is 7.11 Å². The molecule has 1 N–H and O–H groups in total. The monoisotopic (exact) mass is 337 g/mol. The number of rotatable bonds is 7. The molecule has 0 saturated heterocycles. The third-order valence-electron chi connectivity index (χ3n) is 4.58. The van der Waals surface area contributed by atoms with Gasteiger partial charge >= 0.3 is 0 Å². The number of anilines is 1. The molecule has 3 rings (SSSR count). The van der Waals surface area contributed by atoms with Crippen LogP contribution in [0.2, 0.25) is 0 Å². The van der Waals surface area contributed by atoms with Crippen LogP contribution in [0.3, 0.4) is 0 Å². The van der Waals surface area contributed by atoms with Gasteiger partial charge in [-0.3, -0.25) is 9.59 Å². The van der Waals surface area contributed by atoms with E-state index in [2.05, 4.69) is 5.32 Å².